The molecule has 1 saturated heterocycles. The molecule has 1 aliphatic heterocycles. The van der Waals surface area contributed by atoms with Crippen LogP contribution in [0.4, 0.5) is 22.0 Å². The summed E-state index contributed by atoms with van der Waals surface area (Å²) >= 11 is 0. The van der Waals surface area contributed by atoms with Crippen LogP contribution in [0.25, 0.3) is 11.1 Å². The van der Waals surface area contributed by atoms with Gasteiger partial charge in [0.2, 0.25) is 0 Å². The number of likely N-dealkylation sites (tertiary alicyclic amines) is 1. The number of alkyl halides is 3. The Balaban J connectivity index is 1.35. The molecule has 3 aromatic rings. The summed E-state index contributed by atoms with van der Waals surface area (Å²) in [6, 6.07) is 14.5. The number of hydrogen-bond donors (Lipinski definition) is 1. The zero-order chi connectivity index (χ0) is 25.2. The van der Waals surface area contributed by atoms with Gasteiger partial charge < -0.3 is 4.55 Å². The molecule has 4 rings (SSSR count). The average Bonchev–Trinajstić information content (AvgIpc) is 2.82. The number of hydrogen-bond acceptors (Lipinski definition) is 3. The smallest absolute Gasteiger partial charge is 0.416 e. The van der Waals surface area contributed by atoms with Gasteiger partial charge in [-0.25, -0.2) is 8.78 Å². The first-order valence-electron chi connectivity index (χ1n) is 11.0. The number of nitrogens with one attached hydrogen (secondary N) is 1. The molecular formula is C25H23F5N2O2S. The predicted octanol–water partition coefficient (Wildman–Crippen LogP) is 5.81. The van der Waals surface area contributed by atoms with Gasteiger partial charge in [0.15, 0.2) is 26.9 Å². The Kier molecular flexibility index (Phi) is 7.37. The van der Waals surface area contributed by atoms with Gasteiger partial charge >= 0.3 is 6.18 Å². The highest BCUT2D eigenvalue weighted by Crippen LogP contribution is 2.31. The molecule has 1 aliphatic rings. The molecule has 1 fully saturated rings. The van der Waals surface area contributed by atoms with E-state index < -0.39 is 38.7 Å². The molecule has 0 bridgehead atoms. The summed E-state index contributed by atoms with van der Waals surface area (Å²) in [5.74, 6) is -1.82. The van der Waals surface area contributed by atoms with Crippen molar-refractivity contribution in [2.24, 2.45) is 0 Å². The van der Waals surface area contributed by atoms with Gasteiger partial charge in [0, 0.05) is 25.7 Å². The van der Waals surface area contributed by atoms with Gasteiger partial charge in [-0.2, -0.15) is 13.2 Å². The third-order valence-electron chi connectivity index (χ3n) is 5.97. The standard InChI is InChI=1S/C25H23F5N2O2S/c26-23-8-7-19(14-24(23)27)18-4-1-3-17(13-18)16-32-11-9-21(10-12-32)31-35(33,34)22-6-2-5-20(15-22)25(28,29)30/h1-8,13-15,21H,9-12,16H2,(H-,31,33,34). The Labute approximate surface area is 201 Å². The van der Waals surface area contributed by atoms with Crippen LogP contribution in [0.3, 0.4) is 0 Å². The zero-order valence-electron chi connectivity index (χ0n) is 18.5. The molecule has 1 atom stereocenters. The summed E-state index contributed by atoms with van der Waals surface area (Å²) in [5, 5.41) is 0. The summed E-state index contributed by atoms with van der Waals surface area (Å²) in [7, 11) is -4.09. The van der Waals surface area contributed by atoms with E-state index in [4.69, 9.17) is 0 Å². The Morgan fingerprint density at radius 2 is 1.60 bits per heavy atom. The summed E-state index contributed by atoms with van der Waals surface area (Å²) in [4.78, 5) is 1.73. The normalized spacial score (nSPS) is 17.3. The van der Waals surface area contributed by atoms with E-state index in [1.807, 2.05) is 24.3 Å². The molecule has 10 heteroatoms. The van der Waals surface area contributed by atoms with Crippen molar-refractivity contribution in [3.63, 3.8) is 0 Å². The lowest BCUT2D eigenvalue weighted by molar-refractivity contribution is -0.137. The quantitative estimate of drug-likeness (QED) is 0.337. The van der Waals surface area contributed by atoms with Crippen molar-refractivity contribution in [3.05, 3.63) is 89.5 Å². The van der Waals surface area contributed by atoms with Crippen LogP contribution in [0.15, 0.2) is 71.6 Å². The third-order valence-corrected chi connectivity index (χ3v) is 7.49. The molecule has 4 nitrogen and oxygen atoms in total. The molecule has 186 valence electrons. The number of rotatable bonds is 6. The molecule has 1 heterocycles. The number of halogens is 5. The molecule has 3 aromatic carbocycles. The lowest BCUT2D eigenvalue weighted by Gasteiger charge is -2.33. The van der Waals surface area contributed by atoms with Crippen LogP contribution >= 0.6 is 0 Å². The average molecular weight is 511 g/mol. The number of sulfonamides is 1. The number of benzene rings is 3. The van der Waals surface area contributed by atoms with Crippen LogP contribution in [0, 0.1) is 11.6 Å². The van der Waals surface area contributed by atoms with Crippen molar-refractivity contribution >= 4 is 10.4 Å². The van der Waals surface area contributed by atoms with Gasteiger partial charge in [-0.3, -0.25) is 4.90 Å². The van der Waals surface area contributed by atoms with Crippen molar-refractivity contribution < 1.29 is 30.7 Å². The van der Waals surface area contributed by atoms with Crippen molar-refractivity contribution in [2.75, 3.05) is 13.1 Å². The van der Waals surface area contributed by atoms with E-state index in [1.165, 1.54) is 6.07 Å². The van der Waals surface area contributed by atoms with Crippen molar-refractivity contribution in [1.82, 2.24) is 9.62 Å². The monoisotopic (exact) mass is 510 g/mol. The van der Waals surface area contributed by atoms with Crippen molar-refractivity contribution in [2.45, 2.75) is 36.5 Å². The molecule has 0 amide bonds. The fourth-order valence-corrected chi connectivity index (χ4v) is 5.47. The largest absolute Gasteiger partial charge is 0.593 e. The van der Waals surface area contributed by atoms with Crippen LogP contribution in [-0.4, -0.2) is 28.6 Å². The first kappa shape index (κ1) is 25.4. The molecule has 35 heavy (non-hydrogen) atoms. The van der Waals surface area contributed by atoms with E-state index in [9.17, 15) is 30.7 Å². The van der Waals surface area contributed by atoms with Gasteiger partial charge in [0.25, 0.3) is 0 Å². The highest BCUT2D eigenvalue weighted by atomic mass is 32.3. The minimum absolute atomic E-state index is 0.390. The van der Waals surface area contributed by atoms with E-state index in [0.717, 1.165) is 41.5 Å². The van der Waals surface area contributed by atoms with E-state index in [0.29, 0.717) is 44.1 Å². The van der Waals surface area contributed by atoms with Crippen molar-refractivity contribution in [3.8, 4) is 11.1 Å². The SMILES string of the molecule is O=[S+]([O-])(NC1CCN(Cc2cccc(-c3ccc(F)c(F)c3)c2)CC1)c1cccc(C(F)(F)F)c1. The molecular weight excluding hydrogens is 487 g/mol. The topological polar surface area (TPSA) is 55.4 Å². The zero-order valence-corrected chi connectivity index (χ0v) is 19.3. The Morgan fingerprint density at radius 1 is 0.914 bits per heavy atom. The molecule has 0 aromatic heterocycles. The fraction of sp³-hybridized carbons (Fsp3) is 0.280. The maximum Gasteiger partial charge on any atom is 0.416 e. The van der Waals surface area contributed by atoms with E-state index in [-0.39, 0.29) is 6.04 Å². The van der Waals surface area contributed by atoms with Gasteiger partial charge in [-0.05, 0) is 59.9 Å². The van der Waals surface area contributed by atoms with E-state index >= 15 is 0 Å². The molecule has 0 radical (unpaired) electrons. The van der Waals surface area contributed by atoms with Gasteiger partial charge in [-0.1, -0.05) is 34.5 Å². The summed E-state index contributed by atoms with van der Waals surface area (Å²) < 4.78 is 93.4. The second-order valence-electron chi connectivity index (χ2n) is 8.53. The van der Waals surface area contributed by atoms with E-state index in [2.05, 4.69) is 9.62 Å². The Morgan fingerprint density at radius 3 is 2.29 bits per heavy atom. The first-order valence-corrected chi connectivity index (χ1v) is 12.5. The van der Waals surface area contributed by atoms with Crippen molar-refractivity contribution in [1.29, 1.82) is 0 Å². The minimum atomic E-state index is -4.63. The van der Waals surface area contributed by atoms with Crippen LogP contribution in [0.2, 0.25) is 0 Å². The summed E-state index contributed by atoms with van der Waals surface area (Å²) in [6.45, 7) is 1.76. The van der Waals surface area contributed by atoms with Crippen LogP contribution in [-0.2, 0) is 27.3 Å². The van der Waals surface area contributed by atoms with Gasteiger partial charge in [0.1, 0.15) is 0 Å². The Bertz CT molecular complexity index is 1240. The second kappa shape index (κ2) is 10.1. The van der Waals surface area contributed by atoms with Crippen LogP contribution < -0.4 is 4.72 Å². The maximum atomic E-state index is 13.6. The highest BCUT2D eigenvalue weighted by Gasteiger charge is 2.34. The summed E-state index contributed by atoms with van der Waals surface area (Å²) in [5.41, 5.74) is 1.27. The predicted molar refractivity (Wildman–Crippen MR) is 122 cm³/mol. The second-order valence-corrected chi connectivity index (χ2v) is 10.2. The van der Waals surface area contributed by atoms with Crippen LogP contribution in [0.1, 0.15) is 24.0 Å². The van der Waals surface area contributed by atoms with E-state index in [1.54, 1.807) is 0 Å². The number of piperidine rings is 1. The maximum absolute atomic E-state index is 13.6. The molecule has 0 aliphatic carbocycles. The fourth-order valence-electron chi connectivity index (χ4n) is 4.12. The highest BCUT2D eigenvalue weighted by molar-refractivity contribution is 7.95. The lowest BCUT2D eigenvalue weighted by Crippen LogP contribution is -2.46. The van der Waals surface area contributed by atoms with Crippen LogP contribution in [0.5, 0.6) is 0 Å². The van der Waals surface area contributed by atoms with Gasteiger partial charge in [0.05, 0.1) is 11.6 Å². The summed E-state index contributed by atoms with van der Waals surface area (Å²) in [6.07, 6.45) is -3.62. The number of nitrogens with zero attached hydrogens (tertiary/aromatic N) is 1. The molecule has 0 spiro atoms. The third kappa shape index (κ3) is 6.32. The minimum Gasteiger partial charge on any atom is -0.593 e. The van der Waals surface area contributed by atoms with Gasteiger partial charge in [-0.15, -0.1) is 4.72 Å². The molecule has 0 saturated carbocycles. The first-order chi connectivity index (χ1) is 16.5. The lowest BCUT2D eigenvalue weighted by atomic mass is 10.0. The Hall–Kier alpha value is -2.66. The molecule has 1 unspecified atom stereocenters. The molecule has 1 N–H and O–H groups in total.